The third-order valence-corrected chi connectivity index (χ3v) is 6.36. The van der Waals surface area contributed by atoms with E-state index >= 15 is 0 Å². The molecule has 1 N–H and O–H groups in total. The molecule has 0 bridgehead atoms. The minimum absolute atomic E-state index is 0.458. The van der Waals surface area contributed by atoms with Gasteiger partial charge in [-0.3, -0.25) is 4.99 Å². The number of likely N-dealkylation sites (tertiary alicyclic amines) is 1. The summed E-state index contributed by atoms with van der Waals surface area (Å²) in [5.74, 6) is 1.08. The SMILES string of the molecule is CCNC(=NCCc1sc(C)nc1C)N1CCC2(CCOCC2)C1. The lowest BCUT2D eigenvalue weighted by molar-refractivity contribution is 0.0217. The van der Waals surface area contributed by atoms with E-state index in [4.69, 9.17) is 9.73 Å². The summed E-state index contributed by atoms with van der Waals surface area (Å²) in [6, 6.07) is 0. The molecule has 2 saturated heterocycles. The molecule has 0 aromatic carbocycles. The van der Waals surface area contributed by atoms with Gasteiger partial charge in [0.15, 0.2) is 5.96 Å². The number of nitrogens with one attached hydrogen (secondary N) is 1. The number of nitrogens with zero attached hydrogens (tertiary/aromatic N) is 3. The van der Waals surface area contributed by atoms with Crippen molar-refractivity contribution in [1.29, 1.82) is 0 Å². The standard InChI is InChI=1S/C18H30N4OS/c1-4-19-17(20-9-5-16-14(2)21-15(3)24-16)22-10-6-18(13-22)7-11-23-12-8-18/h4-13H2,1-3H3,(H,19,20). The Labute approximate surface area is 149 Å². The third-order valence-electron chi connectivity index (χ3n) is 5.23. The first-order chi connectivity index (χ1) is 11.6. The van der Waals surface area contributed by atoms with Crippen molar-refractivity contribution in [3.63, 3.8) is 0 Å². The van der Waals surface area contributed by atoms with Gasteiger partial charge in [0.1, 0.15) is 0 Å². The van der Waals surface area contributed by atoms with E-state index in [0.29, 0.717) is 5.41 Å². The highest BCUT2D eigenvalue weighted by Crippen LogP contribution is 2.39. The van der Waals surface area contributed by atoms with E-state index < -0.39 is 0 Å². The van der Waals surface area contributed by atoms with Crippen LogP contribution in [0.25, 0.3) is 0 Å². The van der Waals surface area contributed by atoms with Crippen LogP contribution in [0, 0.1) is 19.3 Å². The molecule has 1 aromatic rings. The summed E-state index contributed by atoms with van der Waals surface area (Å²) < 4.78 is 5.56. The van der Waals surface area contributed by atoms with E-state index in [0.717, 1.165) is 56.8 Å². The molecule has 1 aromatic heterocycles. The minimum Gasteiger partial charge on any atom is -0.381 e. The minimum atomic E-state index is 0.458. The lowest BCUT2D eigenvalue weighted by atomic mass is 9.80. The van der Waals surface area contributed by atoms with Crippen LogP contribution in [0.4, 0.5) is 0 Å². The number of aliphatic imine (C=N–C) groups is 1. The van der Waals surface area contributed by atoms with Crippen molar-refractivity contribution in [2.75, 3.05) is 39.4 Å². The molecule has 0 atom stereocenters. The fourth-order valence-corrected chi connectivity index (χ4v) is 4.75. The van der Waals surface area contributed by atoms with Crippen LogP contribution < -0.4 is 5.32 Å². The first-order valence-corrected chi connectivity index (χ1v) is 9.97. The predicted molar refractivity (Wildman–Crippen MR) is 99.9 cm³/mol. The molecule has 5 nitrogen and oxygen atoms in total. The zero-order chi connectivity index (χ0) is 17.0. The Morgan fingerprint density at radius 2 is 2.12 bits per heavy atom. The number of thiazole rings is 1. The van der Waals surface area contributed by atoms with Crippen LogP contribution in [0.5, 0.6) is 0 Å². The van der Waals surface area contributed by atoms with Crippen molar-refractivity contribution >= 4 is 17.3 Å². The summed E-state index contributed by atoms with van der Waals surface area (Å²) in [6.45, 7) is 12.2. The van der Waals surface area contributed by atoms with Crippen LogP contribution in [0.2, 0.25) is 0 Å². The van der Waals surface area contributed by atoms with Gasteiger partial charge in [0.05, 0.1) is 10.7 Å². The molecule has 134 valence electrons. The number of rotatable bonds is 4. The first kappa shape index (κ1) is 17.7. The fourth-order valence-electron chi connectivity index (χ4n) is 3.82. The van der Waals surface area contributed by atoms with Crippen molar-refractivity contribution in [2.45, 2.75) is 46.5 Å². The maximum atomic E-state index is 5.56. The van der Waals surface area contributed by atoms with Crippen LogP contribution in [0.1, 0.15) is 41.8 Å². The normalized spacial score (nSPS) is 20.8. The highest BCUT2D eigenvalue weighted by atomic mass is 32.1. The molecule has 0 amide bonds. The average molecular weight is 351 g/mol. The van der Waals surface area contributed by atoms with Crippen LogP contribution in [0.3, 0.4) is 0 Å². The molecular weight excluding hydrogens is 320 g/mol. The summed E-state index contributed by atoms with van der Waals surface area (Å²) in [5, 5.41) is 4.64. The van der Waals surface area contributed by atoms with Crippen molar-refractivity contribution in [3.8, 4) is 0 Å². The maximum absolute atomic E-state index is 5.56. The summed E-state index contributed by atoms with van der Waals surface area (Å²) in [4.78, 5) is 13.2. The van der Waals surface area contributed by atoms with Crippen molar-refractivity contribution < 1.29 is 4.74 Å². The molecule has 6 heteroatoms. The summed E-state index contributed by atoms with van der Waals surface area (Å²) in [5.41, 5.74) is 1.62. The molecule has 0 saturated carbocycles. The van der Waals surface area contributed by atoms with Gasteiger partial charge in [0.2, 0.25) is 0 Å². The zero-order valence-electron chi connectivity index (χ0n) is 15.2. The predicted octanol–water partition coefficient (Wildman–Crippen LogP) is 2.77. The monoisotopic (exact) mass is 350 g/mol. The highest BCUT2D eigenvalue weighted by molar-refractivity contribution is 7.11. The van der Waals surface area contributed by atoms with Gasteiger partial charge in [-0.1, -0.05) is 0 Å². The van der Waals surface area contributed by atoms with Gasteiger partial charge in [-0.05, 0) is 45.4 Å². The van der Waals surface area contributed by atoms with Gasteiger partial charge in [0, 0.05) is 50.7 Å². The van der Waals surface area contributed by atoms with E-state index in [1.165, 1.54) is 29.8 Å². The molecule has 3 rings (SSSR count). The second-order valence-corrected chi connectivity index (χ2v) is 8.30. The van der Waals surface area contributed by atoms with Crippen molar-refractivity contribution in [3.05, 3.63) is 15.6 Å². The van der Waals surface area contributed by atoms with Gasteiger partial charge < -0.3 is 15.0 Å². The van der Waals surface area contributed by atoms with Gasteiger partial charge in [0.25, 0.3) is 0 Å². The number of hydrogen-bond acceptors (Lipinski definition) is 4. The smallest absolute Gasteiger partial charge is 0.193 e. The second-order valence-electron chi connectivity index (χ2n) is 7.01. The van der Waals surface area contributed by atoms with Crippen molar-refractivity contribution in [1.82, 2.24) is 15.2 Å². The van der Waals surface area contributed by atoms with Crippen LogP contribution in [-0.4, -0.2) is 55.2 Å². The average Bonchev–Trinajstić information content (AvgIpc) is 3.11. The second kappa shape index (κ2) is 7.83. The Morgan fingerprint density at radius 1 is 1.33 bits per heavy atom. The summed E-state index contributed by atoms with van der Waals surface area (Å²) in [6.07, 6.45) is 4.65. The molecule has 1 spiro atoms. The summed E-state index contributed by atoms with van der Waals surface area (Å²) >= 11 is 1.80. The summed E-state index contributed by atoms with van der Waals surface area (Å²) in [7, 11) is 0. The molecular formula is C18H30N4OS. The Morgan fingerprint density at radius 3 is 2.79 bits per heavy atom. The molecule has 2 fully saturated rings. The molecule has 2 aliphatic rings. The number of guanidine groups is 1. The van der Waals surface area contributed by atoms with Gasteiger partial charge in [-0.15, -0.1) is 11.3 Å². The highest BCUT2D eigenvalue weighted by Gasteiger charge is 2.40. The Kier molecular flexibility index (Phi) is 5.76. The zero-order valence-corrected chi connectivity index (χ0v) is 16.0. The third kappa shape index (κ3) is 4.09. The molecule has 0 radical (unpaired) electrons. The Bertz CT molecular complexity index is 578. The van der Waals surface area contributed by atoms with Gasteiger partial charge in [-0.2, -0.15) is 0 Å². The van der Waals surface area contributed by atoms with Crippen molar-refractivity contribution in [2.24, 2.45) is 10.4 Å². The van der Waals surface area contributed by atoms with E-state index in [-0.39, 0.29) is 0 Å². The van der Waals surface area contributed by atoms with E-state index in [9.17, 15) is 0 Å². The van der Waals surface area contributed by atoms with E-state index in [1.54, 1.807) is 11.3 Å². The number of aromatic nitrogens is 1. The number of ether oxygens (including phenoxy) is 1. The van der Waals surface area contributed by atoms with Gasteiger partial charge in [-0.25, -0.2) is 4.98 Å². The first-order valence-electron chi connectivity index (χ1n) is 9.16. The Hall–Kier alpha value is -1.14. The molecule has 0 unspecified atom stereocenters. The van der Waals surface area contributed by atoms with Gasteiger partial charge >= 0.3 is 0 Å². The molecule has 2 aliphatic heterocycles. The lowest BCUT2D eigenvalue weighted by Crippen LogP contribution is -2.42. The number of hydrogen-bond donors (Lipinski definition) is 1. The topological polar surface area (TPSA) is 49.8 Å². The largest absolute Gasteiger partial charge is 0.381 e. The maximum Gasteiger partial charge on any atom is 0.193 e. The van der Waals surface area contributed by atoms with Crippen LogP contribution in [0.15, 0.2) is 4.99 Å². The van der Waals surface area contributed by atoms with Crippen LogP contribution in [-0.2, 0) is 11.2 Å². The fraction of sp³-hybridized carbons (Fsp3) is 0.778. The van der Waals surface area contributed by atoms with E-state index in [2.05, 4.69) is 36.0 Å². The Balaban J connectivity index is 1.60. The molecule has 24 heavy (non-hydrogen) atoms. The van der Waals surface area contributed by atoms with E-state index in [1.807, 2.05) is 0 Å². The molecule has 3 heterocycles. The lowest BCUT2D eigenvalue weighted by Gasteiger charge is -2.33. The quantitative estimate of drug-likeness (QED) is 0.670. The molecule has 0 aliphatic carbocycles. The number of aryl methyl sites for hydroxylation is 2. The van der Waals surface area contributed by atoms with Crippen LogP contribution >= 0.6 is 11.3 Å².